The quantitative estimate of drug-likeness (QED) is 0.660. The number of hydrogen-bond donors (Lipinski definition) is 1. The largest absolute Gasteiger partial charge is 0.381 e. The van der Waals surface area contributed by atoms with Crippen molar-refractivity contribution in [1.29, 1.82) is 0 Å². The summed E-state index contributed by atoms with van der Waals surface area (Å²) in [5.41, 5.74) is 0.438. The van der Waals surface area contributed by atoms with Crippen molar-refractivity contribution in [3.63, 3.8) is 0 Å². The van der Waals surface area contributed by atoms with E-state index >= 15 is 0 Å². The van der Waals surface area contributed by atoms with Crippen LogP contribution in [0.25, 0.3) is 0 Å². The molecule has 1 saturated heterocycles. The van der Waals surface area contributed by atoms with E-state index in [-0.39, 0.29) is 0 Å². The molecule has 102 valence electrons. The molecule has 1 N–H and O–H groups in total. The van der Waals surface area contributed by atoms with Crippen molar-refractivity contribution < 1.29 is 4.74 Å². The summed E-state index contributed by atoms with van der Waals surface area (Å²) in [6.45, 7) is 7.70. The normalized spacial score (nSPS) is 19.8. The van der Waals surface area contributed by atoms with Crippen LogP contribution in [0.1, 0.15) is 39.0 Å². The molecule has 1 aliphatic rings. The lowest BCUT2D eigenvalue weighted by atomic mass is 9.79. The van der Waals surface area contributed by atoms with Gasteiger partial charge in [-0.3, -0.25) is 0 Å². The molecule has 0 aromatic carbocycles. The minimum absolute atomic E-state index is 0.438. The summed E-state index contributed by atoms with van der Waals surface area (Å²) in [4.78, 5) is 2.51. The molecule has 0 saturated carbocycles. The molecule has 3 heteroatoms. The van der Waals surface area contributed by atoms with Crippen molar-refractivity contribution in [3.8, 4) is 0 Å². The molecule has 3 nitrogen and oxygen atoms in total. The highest BCUT2D eigenvalue weighted by atomic mass is 16.5. The van der Waals surface area contributed by atoms with Crippen molar-refractivity contribution in [2.24, 2.45) is 5.41 Å². The van der Waals surface area contributed by atoms with Crippen molar-refractivity contribution in [2.45, 2.75) is 39.0 Å². The van der Waals surface area contributed by atoms with E-state index in [4.69, 9.17) is 4.74 Å². The number of hydrogen-bond acceptors (Lipinski definition) is 3. The molecule has 0 amide bonds. The number of unbranched alkanes of at least 4 members (excludes halogenated alkanes) is 2. The molecule has 0 atom stereocenters. The van der Waals surface area contributed by atoms with Crippen molar-refractivity contribution in [2.75, 3.05) is 46.9 Å². The summed E-state index contributed by atoms with van der Waals surface area (Å²) in [5.74, 6) is 0. The first kappa shape index (κ1) is 14.9. The van der Waals surface area contributed by atoms with Crippen LogP contribution in [0.15, 0.2) is 0 Å². The second-order valence-electron chi connectivity index (χ2n) is 5.59. The molecule has 0 radical (unpaired) electrons. The van der Waals surface area contributed by atoms with Crippen molar-refractivity contribution in [1.82, 2.24) is 10.2 Å². The van der Waals surface area contributed by atoms with E-state index < -0.39 is 0 Å². The van der Waals surface area contributed by atoms with Crippen LogP contribution in [0, 0.1) is 5.41 Å². The Labute approximate surface area is 107 Å². The lowest BCUT2D eigenvalue weighted by Crippen LogP contribution is -2.46. The number of nitrogens with zero attached hydrogens (tertiary/aromatic N) is 1. The monoisotopic (exact) mass is 242 g/mol. The lowest BCUT2D eigenvalue weighted by Gasteiger charge is -2.40. The third kappa shape index (κ3) is 5.36. The molecule has 1 fully saturated rings. The summed E-state index contributed by atoms with van der Waals surface area (Å²) in [5, 5.41) is 3.37. The second-order valence-corrected chi connectivity index (χ2v) is 5.59. The molecular formula is C14H30N2O. The van der Waals surface area contributed by atoms with Gasteiger partial charge in [-0.2, -0.15) is 0 Å². The minimum Gasteiger partial charge on any atom is -0.381 e. The van der Waals surface area contributed by atoms with Crippen LogP contribution >= 0.6 is 0 Å². The summed E-state index contributed by atoms with van der Waals surface area (Å²) in [6, 6.07) is 0. The van der Waals surface area contributed by atoms with Crippen LogP contribution in [0.4, 0.5) is 0 Å². The Morgan fingerprint density at radius 1 is 1.24 bits per heavy atom. The first-order valence-electron chi connectivity index (χ1n) is 7.13. The Morgan fingerprint density at radius 3 is 2.53 bits per heavy atom. The fraction of sp³-hybridized carbons (Fsp3) is 1.00. The highest BCUT2D eigenvalue weighted by Crippen LogP contribution is 2.30. The Morgan fingerprint density at radius 2 is 1.94 bits per heavy atom. The minimum atomic E-state index is 0.438. The molecule has 0 bridgehead atoms. The highest BCUT2D eigenvalue weighted by Gasteiger charge is 2.32. The van der Waals surface area contributed by atoms with Gasteiger partial charge in [-0.15, -0.1) is 0 Å². The summed E-state index contributed by atoms with van der Waals surface area (Å²) in [6.07, 6.45) is 6.40. The Balaban J connectivity index is 2.36. The molecule has 1 rings (SSSR count). The summed E-state index contributed by atoms with van der Waals surface area (Å²) < 4.78 is 5.50. The Hall–Kier alpha value is -0.120. The number of rotatable bonds is 8. The predicted molar refractivity (Wildman–Crippen MR) is 73.4 cm³/mol. The van der Waals surface area contributed by atoms with Gasteiger partial charge in [0.25, 0.3) is 0 Å². The molecule has 0 aromatic rings. The van der Waals surface area contributed by atoms with Crippen LogP contribution in [-0.4, -0.2) is 51.8 Å². The Kier molecular flexibility index (Phi) is 7.09. The average Bonchev–Trinajstić information content (AvgIpc) is 2.30. The maximum absolute atomic E-state index is 5.50. The van der Waals surface area contributed by atoms with Crippen LogP contribution in [0.2, 0.25) is 0 Å². The molecule has 0 unspecified atom stereocenters. The van der Waals surface area contributed by atoms with Gasteiger partial charge in [0.15, 0.2) is 0 Å². The van der Waals surface area contributed by atoms with Crippen LogP contribution in [-0.2, 0) is 4.74 Å². The van der Waals surface area contributed by atoms with E-state index in [1.165, 1.54) is 45.2 Å². The fourth-order valence-electron chi connectivity index (χ4n) is 2.85. The zero-order valence-electron chi connectivity index (χ0n) is 11.9. The average molecular weight is 242 g/mol. The van der Waals surface area contributed by atoms with Gasteiger partial charge in [0.2, 0.25) is 0 Å². The van der Waals surface area contributed by atoms with Gasteiger partial charge >= 0.3 is 0 Å². The van der Waals surface area contributed by atoms with Gasteiger partial charge in [-0.1, -0.05) is 19.8 Å². The van der Waals surface area contributed by atoms with E-state index in [9.17, 15) is 0 Å². The highest BCUT2D eigenvalue weighted by molar-refractivity contribution is 4.86. The van der Waals surface area contributed by atoms with Gasteiger partial charge in [-0.25, -0.2) is 0 Å². The zero-order chi connectivity index (χ0) is 12.6. The SMILES string of the molecule is CCCCCN(C)CC1(CNC)CCOCC1. The van der Waals surface area contributed by atoms with E-state index in [0.29, 0.717) is 5.41 Å². The zero-order valence-corrected chi connectivity index (χ0v) is 11.9. The van der Waals surface area contributed by atoms with Gasteiger partial charge in [0.05, 0.1) is 0 Å². The molecule has 0 aliphatic carbocycles. The number of ether oxygens (including phenoxy) is 1. The molecule has 1 heterocycles. The standard InChI is InChI=1S/C14H30N2O/c1-4-5-6-9-16(3)13-14(12-15-2)7-10-17-11-8-14/h15H,4-13H2,1-3H3. The maximum Gasteiger partial charge on any atom is 0.0472 e. The molecule has 17 heavy (non-hydrogen) atoms. The predicted octanol–water partition coefficient (Wildman–Crippen LogP) is 2.12. The summed E-state index contributed by atoms with van der Waals surface area (Å²) >= 11 is 0. The smallest absolute Gasteiger partial charge is 0.0472 e. The van der Waals surface area contributed by atoms with E-state index in [1.54, 1.807) is 0 Å². The molecule has 1 aliphatic heterocycles. The van der Waals surface area contributed by atoms with E-state index in [1.807, 2.05) is 0 Å². The second kappa shape index (κ2) is 8.06. The lowest BCUT2D eigenvalue weighted by molar-refractivity contribution is 0.000158. The van der Waals surface area contributed by atoms with Crippen molar-refractivity contribution >= 4 is 0 Å². The number of nitrogens with one attached hydrogen (secondary N) is 1. The van der Waals surface area contributed by atoms with E-state index in [2.05, 4.69) is 31.2 Å². The molecule has 0 spiro atoms. The Bertz CT molecular complexity index is 185. The topological polar surface area (TPSA) is 24.5 Å². The van der Waals surface area contributed by atoms with Crippen LogP contribution < -0.4 is 5.32 Å². The van der Waals surface area contributed by atoms with Gasteiger partial charge in [0.1, 0.15) is 0 Å². The van der Waals surface area contributed by atoms with E-state index in [0.717, 1.165) is 19.8 Å². The molecular weight excluding hydrogens is 212 g/mol. The third-order valence-electron chi connectivity index (χ3n) is 3.85. The first-order valence-corrected chi connectivity index (χ1v) is 7.13. The fourth-order valence-corrected chi connectivity index (χ4v) is 2.85. The van der Waals surface area contributed by atoms with Crippen LogP contribution in [0.3, 0.4) is 0 Å². The maximum atomic E-state index is 5.50. The van der Waals surface area contributed by atoms with Crippen LogP contribution in [0.5, 0.6) is 0 Å². The third-order valence-corrected chi connectivity index (χ3v) is 3.85. The van der Waals surface area contributed by atoms with Crippen molar-refractivity contribution in [3.05, 3.63) is 0 Å². The summed E-state index contributed by atoms with van der Waals surface area (Å²) in [7, 11) is 4.33. The first-order chi connectivity index (χ1) is 8.22. The van der Waals surface area contributed by atoms with Gasteiger partial charge in [-0.05, 0) is 45.3 Å². The van der Waals surface area contributed by atoms with Gasteiger partial charge < -0.3 is 15.0 Å². The molecule has 0 aromatic heterocycles. The van der Waals surface area contributed by atoms with Gasteiger partial charge in [0, 0.05) is 26.3 Å².